The average molecular weight is 356 g/mol. The average Bonchev–Trinajstić information content (AvgIpc) is 3.23. The summed E-state index contributed by atoms with van der Waals surface area (Å²) in [5.74, 6) is -0.0319. The molecule has 1 aliphatic heterocycles. The number of carbonyl (C=O) groups is 1. The zero-order valence-corrected chi connectivity index (χ0v) is 14.7. The van der Waals surface area contributed by atoms with E-state index >= 15 is 0 Å². The van der Waals surface area contributed by atoms with E-state index in [9.17, 15) is 4.79 Å². The molecule has 3 nitrogen and oxygen atoms in total. The summed E-state index contributed by atoms with van der Waals surface area (Å²) in [6, 6.07) is 24.4. The van der Waals surface area contributed by atoms with E-state index in [1.165, 1.54) is 0 Å². The van der Waals surface area contributed by atoms with Crippen LogP contribution in [0.4, 0.5) is 5.69 Å². The van der Waals surface area contributed by atoms with Crippen LogP contribution in [0.1, 0.15) is 21.4 Å². The smallest absolute Gasteiger partial charge is 0.255 e. The standard InChI is InChI=1S/C22H16N2OS/c25-22-19-16-11-6-2-5-10-15(16)18(14-8-3-1-4-9-14)20(19)23-21(24-22)17-12-7-13-26-17/h1-13,21,23H,(H,24,25). The minimum atomic E-state index is -0.206. The highest BCUT2D eigenvalue weighted by molar-refractivity contribution is 7.10. The molecule has 0 bridgehead atoms. The molecule has 26 heavy (non-hydrogen) atoms. The molecule has 1 aromatic heterocycles. The van der Waals surface area contributed by atoms with Crippen molar-refractivity contribution in [3.05, 3.63) is 88.6 Å². The number of hydrogen-bond acceptors (Lipinski definition) is 3. The first-order valence-corrected chi connectivity index (χ1v) is 9.42. The zero-order chi connectivity index (χ0) is 17.5. The highest BCUT2D eigenvalue weighted by Crippen LogP contribution is 2.48. The third kappa shape index (κ3) is 2.30. The topological polar surface area (TPSA) is 41.1 Å². The van der Waals surface area contributed by atoms with Crippen molar-refractivity contribution < 1.29 is 4.79 Å². The number of nitrogens with one attached hydrogen (secondary N) is 2. The molecule has 0 fully saturated rings. The number of amides is 1. The van der Waals surface area contributed by atoms with Crippen LogP contribution < -0.4 is 10.6 Å². The van der Waals surface area contributed by atoms with Crippen molar-refractivity contribution >= 4 is 22.9 Å². The van der Waals surface area contributed by atoms with Crippen LogP contribution in [0.2, 0.25) is 0 Å². The number of hydrogen-bond donors (Lipinski definition) is 2. The number of rotatable bonds is 2. The van der Waals surface area contributed by atoms with Crippen LogP contribution in [0.3, 0.4) is 0 Å². The number of benzene rings is 1. The van der Waals surface area contributed by atoms with Crippen LogP contribution in [0.15, 0.2) is 78.2 Å². The first kappa shape index (κ1) is 15.2. The highest BCUT2D eigenvalue weighted by Gasteiger charge is 2.34. The summed E-state index contributed by atoms with van der Waals surface area (Å²) in [4.78, 5) is 14.1. The van der Waals surface area contributed by atoms with E-state index in [0.29, 0.717) is 0 Å². The Morgan fingerprint density at radius 2 is 1.42 bits per heavy atom. The van der Waals surface area contributed by atoms with Gasteiger partial charge < -0.3 is 10.6 Å². The Labute approximate surface area is 155 Å². The Balaban J connectivity index is 1.78. The molecule has 0 radical (unpaired) electrons. The van der Waals surface area contributed by atoms with Crippen LogP contribution in [-0.2, 0) is 0 Å². The van der Waals surface area contributed by atoms with Gasteiger partial charge in [-0.3, -0.25) is 4.79 Å². The van der Waals surface area contributed by atoms with Crippen molar-refractivity contribution in [2.75, 3.05) is 5.32 Å². The fraction of sp³-hybridized carbons (Fsp3) is 0.0455. The van der Waals surface area contributed by atoms with E-state index in [2.05, 4.69) is 28.8 Å². The van der Waals surface area contributed by atoms with E-state index in [-0.39, 0.29) is 12.1 Å². The van der Waals surface area contributed by atoms with Crippen LogP contribution in [0.5, 0.6) is 0 Å². The largest absolute Gasteiger partial charge is 0.360 e. The molecule has 2 heterocycles. The minimum absolute atomic E-state index is 0.0319. The summed E-state index contributed by atoms with van der Waals surface area (Å²) >= 11 is 1.64. The normalized spacial score (nSPS) is 16.0. The SMILES string of the molecule is O=C1NC(c2cccs2)Nc2c1c1cccccc-1c2-c1ccccc1. The van der Waals surface area contributed by atoms with Crippen molar-refractivity contribution in [1.82, 2.24) is 5.32 Å². The first-order valence-electron chi connectivity index (χ1n) is 8.54. The molecule has 2 aromatic rings. The first-order chi connectivity index (χ1) is 12.8. The second-order valence-electron chi connectivity index (χ2n) is 6.30. The van der Waals surface area contributed by atoms with Gasteiger partial charge in [-0.15, -0.1) is 11.3 Å². The fourth-order valence-corrected chi connectivity index (χ4v) is 4.37. The summed E-state index contributed by atoms with van der Waals surface area (Å²) in [5, 5.41) is 8.70. The van der Waals surface area contributed by atoms with E-state index in [0.717, 1.165) is 38.4 Å². The molecular weight excluding hydrogens is 340 g/mol. The number of thiophene rings is 1. The monoisotopic (exact) mass is 356 g/mol. The van der Waals surface area contributed by atoms with Crippen molar-refractivity contribution in [3.8, 4) is 22.3 Å². The van der Waals surface area contributed by atoms with Gasteiger partial charge >= 0.3 is 0 Å². The third-order valence-corrected chi connectivity index (χ3v) is 5.70. The van der Waals surface area contributed by atoms with Crippen molar-refractivity contribution in [3.63, 3.8) is 0 Å². The van der Waals surface area contributed by atoms with Gasteiger partial charge in [-0.05, 0) is 28.1 Å². The zero-order valence-electron chi connectivity index (χ0n) is 13.9. The van der Waals surface area contributed by atoms with Crippen molar-refractivity contribution in [2.24, 2.45) is 0 Å². The van der Waals surface area contributed by atoms with Crippen molar-refractivity contribution in [1.29, 1.82) is 0 Å². The maximum absolute atomic E-state index is 13.0. The molecule has 0 spiro atoms. The second-order valence-corrected chi connectivity index (χ2v) is 7.27. The maximum atomic E-state index is 13.0. The van der Waals surface area contributed by atoms with Crippen molar-refractivity contribution in [2.45, 2.75) is 6.17 Å². The molecular formula is C22H16N2OS. The molecule has 1 atom stereocenters. The predicted molar refractivity (Wildman–Crippen MR) is 107 cm³/mol. The summed E-state index contributed by atoms with van der Waals surface area (Å²) < 4.78 is 0. The Hall–Kier alpha value is -3.11. The molecule has 1 amide bonds. The van der Waals surface area contributed by atoms with Gasteiger partial charge in [0.05, 0.1) is 11.3 Å². The van der Waals surface area contributed by atoms with Gasteiger partial charge in [-0.1, -0.05) is 66.7 Å². The van der Waals surface area contributed by atoms with E-state index < -0.39 is 0 Å². The molecule has 1 unspecified atom stereocenters. The molecule has 126 valence electrons. The molecule has 5 rings (SSSR count). The minimum Gasteiger partial charge on any atom is -0.360 e. The van der Waals surface area contributed by atoms with Gasteiger partial charge in [0.25, 0.3) is 5.91 Å². The van der Waals surface area contributed by atoms with Gasteiger partial charge in [0.15, 0.2) is 0 Å². The van der Waals surface area contributed by atoms with Gasteiger partial charge in [-0.25, -0.2) is 0 Å². The van der Waals surface area contributed by atoms with Crippen LogP contribution in [0.25, 0.3) is 22.3 Å². The van der Waals surface area contributed by atoms with E-state index in [1.54, 1.807) is 11.3 Å². The van der Waals surface area contributed by atoms with Gasteiger partial charge in [-0.2, -0.15) is 0 Å². The molecule has 4 heteroatoms. The van der Waals surface area contributed by atoms with E-state index in [1.807, 2.05) is 60.0 Å². The lowest BCUT2D eigenvalue weighted by atomic mass is 10.0. The molecule has 1 aromatic carbocycles. The fourth-order valence-electron chi connectivity index (χ4n) is 3.64. The lowest BCUT2D eigenvalue weighted by molar-refractivity contribution is 0.0937. The summed E-state index contributed by atoms with van der Waals surface area (Å²) in [5.41, 5.74) is 5.89. The summed E-state index contributed by atoms with van der Waals surface area (Å²) in [7, 11) is 0. The Morgan fingerprint density at radius 3 is 2.12 bits per heavy atom. The maximum Gasteiger partial charge on any atom is 0.255 e. The molecule has 0 saturated carbocycles. The van der Waals surface area contributed by atoms with Crippen LogP contribution in [-0.4, -0.2) is 5.91 Å². The quantitative estimate of drug-likeness (QED) is 0.507. The Kier molecular flexibility index (Phi) is 3.50. The Bertz CT molecular complexity index is 1060. The Morgan fingerprint density at radius 1 is 0.731 bits per heavy atom. The van der Waals surface area contributed by atoms with Gasteiger partial charge in [0, 0.05) is 10.4 Å². The highest BCUT2D eigenvalue weighted by atomic mass is 32.1. The third-order valence-electron chi connectivity index (χ3n) is 4.76. The number of anilines is 1. The second kappa shape index (κ2) is 6.00. The lowest BCUT2D eigenvalue weighted by Crippen LogP contribution is -2.37. The van der Waals surface area contributed by atoms with Crippen LogP contribution >= 0.6 is 11.3 Å². The molecule has 2 aliphatic carbocycles. The molecule has 3 aliphatic rings. The predicted octanol–water partition coefficient (Wildman–Crippen LogP) is 5.37. The van der Waals surface area contributed by atoms with Gasteiger partial charge in [0.1, 0.15) is 6.17 Å². The molecule has 2 N–H and O–H groups in total. The molecule has 0 saturated heterocycles. The van der Waals surface area contributed by atoms with Gasteiger partial charge in [0.2, 0.25) is 0 Å². The number of carbonyl (C=O) groups excluding carboxylic acids is 1. The lowest BCUT2D eigenvalue weighted by Gasteiger charge is -2.26. The number of fused-ring (bicyclic) bond motifs is 3. The van der Waals surface area contributed by atoms with Crippen LogP contribution in [0, 0.1) is 0 Å². The summed E-state index contributed by atoms with van der Waals surface area (Å²) in [6.45, 7) is 0. The summed E-state index contributed by atoms with van der Waals surface area (Å²) in [6.07, 6.45) is -0.206. The van der Waals surface area contributed by atoms with E-state index in [4.69, 9.17) is 0 Å².